The van der Waals surface area contributed by atoms with Crippen LogP contribution in [0.2, 0.25) is 0 Å². The lowest BCUT2D eigenvalue weighted by Gasteiger charge is -2.36. The van der Waals surface area contributed by atoms with Crippen molar-refractivity contribution in [3.05, 3.63) is 72.0 Å². The summed E-state index contributed by atoms with van der Waals surface area (Å²) in [5.74, 6) is 0.371. The van der Waals surface area contributed by atoms with Crippen LogP contribution in [0.3, 0.4) is 0 Å². The lowest BCUT2D eigenvalue weighted by Crippen LogP contribution is -2.52. The Morgan fingerprint density at radius 1 is 0.973 bits per heavy atom. The second kappa shape index (κ2) is 12.3. The number of hydrogen-bond donors (Lipinski definition) is 0. The van der Waals surface area contributed by atoms with E-state index in [2.05, 4.69) is 15.1 Å². The van der Waals surface area contributed by atoms with E-state index in [-0.39, 0.29) is 18.0 Å². The Kier molecular flexibility index (Phi) is 8.66. The standard InChI is InChI=1S/C28H32FN5O3/c1-3-4-15-34(28(36)23-7-5-6-8-24(23)29)20-27(35)33-18-16-32(17-19-33)26-14-13-25(30-31-26)21-9-11-22(37-2)12-10-21/h5-14H,3-4,15-20H2,1-2H3. The Morgan fingerprint density at radius 3 is 2.32 bits per heavy atom. The molecule has 9 heteroatoms. The van der Waals surface area contributed by atoms with Gasteiger partial charge < -0.3 is 19.4 Å². The maximum absolute atomic E-state index is 14.2. The number of benzene rings is 2. The predicted octanol–water partition coefficient (Wildman–Crippen LogP) is 3.88. The van der Waals surface area contributed by atoms with Gasteiger partial charge in [-0.2, -0.15) is 0 Å². The number of amides is 2. The molecule has 2 amide bonds. The molecule has 2 aromatic carbocycles. The number of hydrogen-bond acceptors (Lipinski definition) is 6. The molecular weight excluding hydrogens is 473 g/mol. The number of carbonyl (C=O) groups is 2. The molecular formula is C28H32FN5O3. The molecule has 0 saturated carbocycles. The summed E-state index contributed by atoms with van der Waals surface area (Å²) in [6.07, 6.45) is 1.61. The minimum absolute atomic E-state index is 0.00659. The number of carbonyl (C=O) groups excluding carboxylic acids is 2. The van der Waals surface area contributed by atoms with E-state index in [9.17, 15) is 14.0 Å². The van der Waals surface area contributed by atoms with E-state index in [0.717, 1.165) is 35.7 Å². The Balaban J connectivity index is 1.34. The maximum Gasteiger partial charge on any atom is 0.257 e. The van der Waals surface area contributed by atoms with Crippen molar-refractivity contribution in [3.8, 4) is 17.0 Å². The van der Waals surface area contributed by atoms with Gasteiger partial charge in [-0.1, -0.05) is 25.5 Å². The molecule has 4 rings (SSSR count). The summed E-state index contributed by atoms with van der Waals surface area (Å²) in [6.45, 7) is 4.60. The van der Waals surface area contributed by atoms with Gasteiger partial charge >= 0.3 is 0 Å². The van der Waals surface area contributed by atoms with Crippen LogP contribution in [0.25, 0.3) is 11.3 Å². The third-order valence-corrected chi connectivity index (χ3v) is 6.49. The molecule has 0 radical (unpaired) electrons. The molecule has 0 atom stereocenters. The van der Waals surface area contributed by atoms with E-state index in [4.69, 9.17) is 4.74 Å². The first-order chi connectivity index (χ1) is 18.0. The molecule has 1 saturated heterocycles. The first kappa shape index (κ1) is 26.1. The van der Waals surface area contributed by atoms with E-state index in [1.807, 2.05) is 43.3 Å². The lowest BCUT2D eigenvalue weighted by atomic mass is 10.1. The molecule has 0 unspecified atom stereocenters. The van der Waals surface area contributed by atoms with Gasteiger partial charge in [0.1, 0.15) is 18.1 Å². The fourth-order valence-electron chi connectivity index (χ4n) is 4.26. The minimum Gasteiger partial charge on any atom is -0.497 e. The summed E-state index contributed by atoms with van der Waals surface area (Å²) in [4.78, 5) is 31.3. The molecule has 1 aliphatic heterocycles. The number of aromatic nitrogens is 2. The zero-order valence-corrected chi connectivity index (χ0v) is 21.3. The minimum atomic E-state index is -0.575. The van der Waals surface area contributed by atoms with Gasteiger partial charge in [0.2, 0.25) is 5.91 Å². The van der Waals surface area contributed by atoms with Crippen molar-refractivity contribution in [2.24, 2.45) is 0 Å². The van der Waals surface area contributed by atoms with Crippen LogP contribution in [0.5, 0.6) is 5.75 Å². The van der Waals surface area contributed by atoms with Crippen LogP contribution < -0.4 is 9.64 Å². The Bertz CT molecular complexity index is 1200. The van der Waals surface area contributed by atoms with E-state index < -0.39 is 11.7 Å². The first-order valence-corrected chi connectivity index (χ1v) is 12.5. The Hall–Kier alpha value is -4.01. The largest absolute Gasteiger partial charge is 0.497 e. The second-order valence-electron chi connectivity index (χ2n) is 8.93. The summed E-state index contributed by atoms with van der Waals surface area (Å²) in [7, 11) is 1.63. The van der Waals surface area contributed by atoms with Gasteiger partial charge in [-0.05, 0) is 55.0 Å². The number of unbranched alkanes of at least 4 members (excludes halogenated alkanes) is 1. The number of anilines is 1. The maximum atomic E-state index is 14.2. The summed E-state index contributed by atoms with van der Waals surface area (Å²) in [5.41, 5.74) is 1.72. The van der Waals surface area contributed by atoms with Crippen molar-refractivity contribution in [2.75, 3.05) is 51.3 Å². The fourth-order valence-corrected chi connectivity index (χ4v) is 4.26. The van der Waals surface area contributed by atoms with Crippen LogP contribution >= 0.6 is 0 Å². The van der Waals surface area contributed by atoms with Crippen molar-refractivity contribution in [2.45, 2.75) is 19.8 Å². The highest BCUT2D eigenvalue weighted by Crippen LogP contribution is 2.22. The van der Waals surface area contributed by atoms with Gasteiger partial charge in [0, 0.05) is 38.3 Å². The molecule has 194 valence electrons. The van der Waals surface area contributed by atoms with Gasteiger partial charge in [0.15, 0.2) is 5.82 Å². The van der Waals surface area contributed by atoms with Crippen LogP contribution in [0.1, 0.15) is 30.1 Å². The van der Waals surface area contributed by atoms with Crippen molar-refractivity contribution in [3.63, 3.8) is 0 Å². The van der Waals surface area contributed by atoms with Crippen molar-refractivity contribution < 1.29 is 18.7 Å². The average Bonchev–Trinajstić information content (AvgIpc) is 2.95. The molecule has 0 aliphatic carbocycles. The van der Waals surface area contributed by atoms with Crippen LogP contribution in [0.15, 0.2) is 60.7 Å². The lowest BCUT2D eigenvalue weighted by molar-refractivity contribution is -0.132. The number of halogens is 1. The summed E-state index contributed by atoms with van der Waals surface area (Å²) >= 11 is 0. The van der Waals surface area contributed by atoms with E-state index >= 15 is 0 Å². The molecule has 0 bridgehead atoms. The zero-order valence-electron chi connectivity index (χ0n) is 21.3. The monoisotopic (exact) mass is 505 g/mol. The Labute approximate surface area is 216 Å². The highest BCUT2D eigenvalue weighted by Gasteiger charge is 2.26. The second-order valence-corrected chi connectivity index (χ2v) is 8.93. The molecule has 0 spiro atoms. The van der Waals surface area contributed by atoms with E-state index in [1.54, 1.807) is 24.1 Å². The van der Waals surface area contributed by atoms with Gasteiger partial charge in [-0.25, -0.2) is 4.39 Å². The topological polar surface area (TPSA) is 78.9 Å². The molecule has 37 heavy (non-hydrogen) atoms. The van der Waals surface area contributed by atoms with Crippen LogP contribution in [-0.4, -0.2) is 78.2 Å². The summed E-state index contributed by atoms with van der Waals surface area (Å²) in [6, 6.07) is 17.4. The molecule has 3 aromatic rings. The fraction of sp³-hybridized carbons (Fsp3) is 0.357. The number of methoxy groups -OCH3 is 1. The van der Waals surface area contributed by atoms with Gasteiger partial charge in [0.05, 0.1) is 18.4 Å². The Morgan fingerprint density at radius 2 is 1.70 bits per heavy atom. The average molecular weight is 506 g/mol. The SMILES string of the molecule is CCCCN(CC(=O)N1CCN(c2ccc(-c3ccc(OC)cc3)nn2)CC1)C(=O)c1ccccc1F. The zero-order chi connectivity index (χ0) is 26.2. The van der Waals surface area contributed by atoms with Crippen LogP contribution in [-0.2, 0) is 4.79 Å². The number of nitrogens with zero attached hydrogens (tertiary/aromatic N) is 5. The van der Waals surface area contributed by atoms with E-state index in [0.29, 0.717) is 32.7 Å². The molecule has 0 N–H and O–H groups in total. The summed E-state index contributed by atoms with van der Waals surface area (Å²) in [5, 5.41) is 8.76. The van der Waals surface area contributed by atoms with Gasteiger partial charge in [-0.15, -0.1) is 10.2 Å². The highest BCUT2D eigenvalue weighted by atomic mass is 19.1. The molecule has 1 aromatic heterocycles. The number of rotatable bonds is 9. The predicted molar refractivity (Wildman–Crippen MR) is 140 cm³/mol. The number of ether oxygens (including phenoxy) is 1. The molecule has 8 nitrogen and oxygen atoms in total. The van der Waals surface area contributed by atoms with E-state index in [1.165, 1.54) is 17.0 Å². The van der Waals surface area contributed by atoms with Crippen LogP contribution in [0, 0.1) is 5.82 Å². The van der Waals surface area contributed by atoms with Gasteiger partial charge in [-0.3, -0.25) is 9.59 Å². The smallest absolute Gasteiger partial charge is 0.257 e. The van der Waals surface area contributed by atoms with Crippen molar-refractivity contribution in [1.29, 1.82) is 0 Å². The van der Waals surface area contributed by atoms with Crippen molar-refractivity contribution >= 4 is 17.6 Å². The molecule has 1 aliphatic rings. The quantitative estimate of drug-likeness (QED) is 0.439. The van der Waals surface area contributed by atoms with Gasteiger partial charge in [0.25, 0.3) is 5.91 Å². The van der Waals surface area contributed by atoms with Crippen LogP contribution in [0.4, 0.5) is 10.2 Å². The first-order valence-electron chi connectivity index (χ1n) is 12.5. The highest BCUT2D eigenvalue weighted by molar-refractivity contribution is 5.96. The summed E-state index contributed by atoms with van der Waals surface area (Å²) < 4.78 is 19.4. The number of piperazine rings is 1. The third kappa shape index (κ3) is 6.41. The normalized spacial score (nSPS) is 13.4. The third-order valence-electron chi connectivity index (χ3n) is 6.49. The molecule has 2 heterocycles. The molecule has 1 fully saturated rings. The van der Waals surface area contributed by atoms with Crippen molar-refractivity contribution in [1.82, 2.24) is 20.0 Å².